The molecule has 3 rings (SSSR count). The van der Waals surface area contributed by atoms with E-state index < -0.39 is 0 Å². The monoisotopic (exact) mass is 270 g/mol. The fraction of sp³-hybridized carbons (Fsp3) is 0.727. The predicted octanol–water partition coefficient (Wildman–Crippen LogP) is 1.29. The van der Waals surface area contributed by atoms with Crippen LogP contribution in [0.4, 0.5) is 5.95 Å². The summed E-state index contributed by atoms with van der Waals surface area (Å²) in [6, 6.07) is 0.295. The van der Waals surface area contributed by atoms with E-state index in [2.05, 4.69) is 19.9 Å². The number of ether oxygens (including phenoxy) is 2. The summed E-state index contributed by atoms with van der Waals surface area (Å²) in [7, 11) is 0. The second-order valence-electron chi connectivity index (χ2n) is 4.51. The lowest BCUT2D eigenvalue weighted by molar-refractivity contribution is -0.0831. The van der Waals surface area contributed by atoms with Crippen molar-refractivity contribution in [2.24, 2.45) is 0 Å². The first kappa shape index (κ1) is 11.9. The molecule has 0 unspecified atom stereocenters. The number of halogens is 1. The summed E-state index contributed by atoms with van der Waals surface area (Å²) < 4.78 is 10.6. The van der Waals surface area contributed by atoms with Crippen LogP contribution in [0.5, 0.6) is 6.01 Å². The Balaban J connectivity index is 1.75. The van der Waals surface area contributed by atoms with Crippen LogP contribution in [0.1, 0.15) is 19.3 Å². The van der Waals surface area contributed by atoms with Crippen LogP contribution in [0.3, 0.4) is 0 Å². The number of nitrogens with zero attached hydrogens (tertiary/aromatic N) is 4. The predicted molar refractivity (Wildman–Crippen MR) is 66.1 cm³/mol. The molecule has 2 saturated heterocycles. The van der Waals surface area contributed by atoms with Crippen LogP contribution >= 0.6 is 11.6 Å². The summed E-state index contributed by atoms with van der Waals surface area (Å²) in [5, 5.41) is 0.181. The summed E-state index contributed by atoms with van der Waals surface area (Å²) >= 11 is 5.91. The van der Waals surface area contributed by atoms with Gasteiger partial charge in [0.15, 0.2) is 0 Å². The number of anilines is 1. The zero-order valence-electron chi connectivity index (χ0n) is 10.0. The number of rotatable bonds is 3. The lowest BCUT2D eigenvalue weighted by Crippen LogP contribution is -2.39. The van der Waals surface area contributed by atoms with Crippen molar-refractivity contribution in [2.45, 2.75) is 25.4 Å². The van der Waals surface area contributed by atoms with Crippen molar-refractivity contribution in [1.82, 2.24) is 15.0 Å². The van der Waals surface area contributed by atoms with E-state index >= 15 is 0 Å². The average Bonchev–Trinajstić information content (AvgIpc) is 2.34. The van der Waals surface area contributed by atoms with Crippen molar-refractivity contribution in [2.75, 3.05) is 31.2 Å². The molecule has 0 atom stereocenters. The lowest BCUT2D eigenvalue weighted by Gasteiger charge is -2.28. The third-order valence-electron chi connectivity index (χ3n) is 3.09. The van der Waals surface area contributed by atoms with Crippen molar-refractivity contribution < 1.29 is 9.47 Å². The minimum atomic E-state index is 0.0395. The van der Waals surface area contributed by atoms with Gasteiger partial charge in [-0.05, 0) is 30.9 Å². The highest BCUT2D eigenvalue weighted by Crippen LogP contribution is 2.20. The van der Waals surface area contributed by atoms with Crippen LogP contribution in [0.25, 0.3) is 0 Å². The lowest BCUT2D eigenvalue weighted by atomic mass is 10.1. The van der Waals surface area contributed by atoms with Gasteiger partial charge in [-0.15, -0.1) is 0 Å². The molecule has 7 heteroatoms. The fourth-order valence-corrected chi connectivity index (χ4v) is 2.19. The van der Waals surface area contributed by atoms with Gasteiger partial charge in [0.05, 0.1) is 13.2 Å². The zero-order chi connectivity index (χ0) is 12.4. The van der Waals surface area contributed by atoms with Crippen LogP contribution in [0, 0.1) is 0 Å². The van der Waals surface area contributed by atoms with Crippen LogP contribution in [-0.2, 0) is 4.74 Å². The van der Waals surface area contributed by atoms with Gasteiger partial charge in [-0.3, -0.25) is 0 Å². The first-order valence-electron chi connectivity index (χ1n) is 6.22. The van der Waals surface area contributed by atoms with Crippen molar-refractivity contribution in [3.63, 3.8) is 0 Å². The van der Waals surface area contributed by atoms with Gasteiger partial charge in [0.2, 0.25) is 11.2 Å². The third-order valence-corrected chi connectivity index (χ3v) is 3.26. The minimum Gasteiger partial charge on any atom is -0.455 e. The molecule has 0 spiro atoms. The highest BCUT2D eigenvalue weighted by atomic mass is 35.5. The molecular formula is C11H15ClN4O2. The van der Waals surface area contributed by atoms with Gasteiger partial charge in [0.25, 0.3) is 0 Å². The Labute approximate surface area is 110 Å². The van der Waals surface area contributed by atoms with Gasteiger partial charge in [0.1, 0.15) is 6.10 Å². The largest absolute Gasteiger partial charge is 0.455 e. The third kappa shape index (κ3) is 2.64. The van der Waals surface area contributed by atoms with Gasteiger partial charge < -0.3 is 14.4 Å². The Morgan fingerprint density at radius 1 is 1.11 bits per heavy atom. The van der Waals surface area contributed by atoms with Gasteiger partial charge in [-0.25, -0.2) is 0 Å². The highest BCUT2D eigenvalue weighted by molar-refractivity contribution is 6.28. The highest BCUT2D eigenvalue weighted by Gasteiger charge is 2.23. The molecule has 0 aromatic carbocycles. The second-order valence-corrected chi connectivity index (χ2v) is 4.85. The molecule has 0 amide bonds. The molecule has 1 aromatic heterocycles. The quantitative estimate of drug-likeness (QED) is 0.825. The summed E-state index contributed by atoms with van der Waals surface area (Å²) in [5.74, 6) is 0.616. The maximum atomic E-state index is 5.91. The molecule has 0 aliphatic carbocycles. The van der Waals surface area contributed by atoms with E-state index in [4.69, 9.17) is 21.1 Å². The normalized spacial score (nSPS) is 20.6. The molecular weight excluding hydrogens is 256 g/mol. The molecule has 2 aliphatic heterocycles. The smallest absolute Gasteiger partial charge is 0.323 e. The van der Waals surface area contributed by atoms with Crippen LogP contribution in [-0.4, -0.2) is 47.4 Å². The topological polar surface area (TPSA) is 60.4 Å². The van der Waals surface area contributed by atoms with Crippen LogP contribution in [0.15, 0.2) is 0 Å². The molecule has 0 N–H and O–H groups in total. The van der Waals surface area contributed by atoms with Gasteiger partial charge >= 0.3 is 6.01 Å². The Bertz CT molecular complexity index is 422. The Kier molecular flexibility index (Phi) is 3.47. The second kappa shape index (κ2) is 5.24. The summed E-state index contributed by atoms with van der Waals surface area (Å²) in [4.78, 5) is 14.6. The van der Waals surface area contributed by atoms with E-state index in [1.54, 1.807) is 0 Å². The van der Waals surface area contributed by atoms with Crippen molar-refractivity contribution in [3.8, 4) is 6.01 Å². The SMILES string of the molecule is Clc1nc(OC2COC2)nc(N2CCCCC2)n1. The Morgan fingerprint density at radius 3 is 2.56 bits per heavy atom. The van der Waals surface area contributed by atoms with E-state index in [1.165, 1.54) is 6.42 Å². The van der Waals surface area contributed by atoms with Crippen LogP contribution in [0.2, 0.25) is 5.28 Å². The van der Waals surface area contributed by atoms with Crippen molar-refractivity contribution in [3.05, 3.63) is 5.28 Å². The van der Waals surface area contributed by atoms with E-state index in [0.717, 1.165) is 25.9 Å². The summed E-state index contributed by atoms with van der Waals surface area (Å²) in [5.41, 5.74) is 0. The van der Waals surface area contributed by atoms with E-state index in [0.29, 0.717) is 25.2 Å². The number of hydrogen-bond acceptors (Lipinski definition) is 6. The van der Waals surface area contributed by atoms with E-state index in [-0.39, 0.29) is 11.4 Å². The summed E-state index contributed by atoms with van der Waals surface area (Å²) in [6.07, 6.45) is 3.63. The molecule has 2 fully saturated rings. The van der Waals surface area contributed by atoms with E-state index in [1.807, 2.05) is 0 Å². The van der Waals surface area contributed by atoms with Crippen LogP contribution < -0.4 is 9.64 Å². The molecule has 1 aromatic rings. The molecule has 2 aliphatic rings. The molecule has 6 nitrogen and oxygen atoms in total. The molecule has 3 heterocycles. The first-order chi connectivity index (χ1) is 8.81. The molecule has 98 valence electrons. The molecule has 18 heavy (non-hydrogen) atoms. The Morgan fingerprint density at radius 2 is 1.89 bits per heavy atom. The average molecular weight is 271 g/mol. The van der Waals surface area contributed by atoms with E-state index in [9.17, 15) is 0 Å². The molecule has 0 bridgehead atoms. The maximum absolute atomic E-state index is 5.91. The van der Waals surface area contributed by atoms with Crippen molar-refractivity contribution >= 4 is 17.5 Å². The van der Waals surface area contributed by atoms with Gasteiger partial charge in [-0.1, -0.05) is 0 Å². The number of aromatic nitrogens is 3. The summed E-state index contributed by atoms with van der Waals surface area (Å²) in [6.45, 7) is 3.10. The van der Waals surface area contributed by atoms with Gasteiger partial charge in [0, 0.05) is 13.1 Å². The Hall–Kier alpha value is -1.14. The zero-order valence-corrected chi connectivity index (χ0v) is 10.8. The standard InChI is InChI=1S/C11H15ClN4O2/c12-9-13-10(16-4-2-1-3-5-16)15-11(14-9)18-8-6-17-7-8/h8H,1-7H2. The number of piperidine rings is 1. The minimum absolute atomic E-state index is 0.0395. The molecule has 0 saturated carbocycles. The molecule has 0 radical (unpaired) electrons. The fourth-order valence-electron chi connectivity index (χ4n) is 2.04. The van der Waals surface area contributed by atoms with Gasteiger partial charge in [-0.2, -0.15) is 15.0 Å². The van der Waals surface area contributed by atoms with Crippen molar-refractivity contribution in [1.29, 1.82) is 0 Å². The first-order valence-corrected chi connectivity index (χ1v) is 6.60. The maximum Gasteiger partial charge on any atom is 0.323 e. The number of hydrogen-bond donors (Lipinski definition) is 0.